The van der Waals surface area contributed by atoms with Crippen LogP contribution >= 0.6 is 0 Å². The minimum atomic E-state index is -0.825. The molecule has 0 aliphatic heterocycles. The lowest BCUT2D eigenvalue weighted by Crippen LogP contribution is -2.66. The van der Waals surface area contributed by atoms with Crippen LogP contribution in [0.3, 0.4) is 0 Å². The summed E-state index contributed by atoms with van der Waals surface area (Å²) < 4.78 is 6.44. The van der Waals surface area contributed by atoms with Crippen LogP contribution in [-0.2, 0) is 19.1 Å². The zero-order valence-corrected chi connectivity index (χ0v) is 37.5. The van der Waals surface area contributed by atoms with Crippen molar-refractivity contribution in [1.29, 1.82) is 0 Å². The van der Waals surface area contributed by atoms with Crippen molar-refractivity contribution in [2.24, 2.45) is 68.0 Å². The average molecular weight is 800 g/mol. The number of hydrogen-bond acceptors (Lipinski definition) is 7. The SMILES string of the molecule is CC(C)C1=C2[C@H]3CC[C@@H]4[C@@]5(C)CC[C@H](OC(=O)[C@H]6C[C@@H](C(=O)O)C6(C)C)C(C)(C)[C@@H]5CC[C@@]4(C)[C@]3(C)CC[C@@]2(CCNCC(C)(C)NC(=O)c2ccccn2)CC1=O. The molecule has 9 nitrogen and oxygen atoms in total. The lowest BCUT2D eigenvalue weighted by Gasteiger charge is -2.72. The highest BCUT2D eigenvalue weighted by Gasteiger charge is 2.70. The summed E-state index contributed by atoms with van der Waals surface area (Å²) in [6.45, 7) is 26.1. The number of aromatic nitrogens is 1. The van der Waals surface area contributed by atoms with Crippen LogP contribution in [0.1, 0.15) is 157 Å². The third kappa shape index (κ3) is 6.61. The van der Waals surface area contributed by atoms with Gasteiger partial charge < -0.3 is 20.5 Å². The zero-order valence-electron chi connectivity index (χ0n) is 37.5. The summed E-state index contributed by atoms with van der Waals surface area (Å²) >= 11 is 0. The molecule has 0 aromatic carbocycles. The maximum Gasteiger partial charge on any atom is 0.309 e. The maximum absolute atomic E-state index is 14.1. The number of fused-ring (bicyclic) bond motifs is 7. The van der Waals surface area contributed by atoms with Crippen LogP contribution in [0.2, 0.25) is 0 Å². The maximum atomic E-state index is 14.1. The molecule has 0 radical (unpaired) electrons. The number of carboxylic acids is 1. The van der Waals surface area contributed by atoms with Crippen LogP contribution in [0.4, 0.5) is 0 Å². The fourth-order valence-electron chi connectivity index (χ4n) is 14.8. The van der Waals surface area contributed by atoms with Gasteiger partial charge in [0.15, 0.2) is 5.78 Å². The molecular formula is C49H73N3O6. The summed E-state index contributed by atoms with van der Waals surface area (Å²) in [5.74, 6) is -0.211. The van der Waals surface area contributed by atoms with Gasteiger partial charge in [-0.25, -0.2) is 0 Å². The number of pyridine rings is 1. The van der Waals surface area contributed by atoms with Gasteiger partial charge >= 0.3 is 11.9 Å². The number of amides is 1. The first-order valence-electron chi connectivity index (χ1n) is 22.6. The first kappa shape index (κ1) is 43.0. The van der Waals surface area contributed by atoms with Crippen LogP contribution in [-0.4, -0.2) is 58.5 Å². The molecule has 6 aliphatic rings. The Morgan fingerprint density at radius 2 is 1.62 bits per heavy atom. The smallest absolute Gasteiger partial charge is 0.309 e. The van der Waals surface area contributed by atoms with E-state index in [-0.39, 0.29) is 56.9 Å². The summed E-state index contributed by atoms with van der Waals surface area (Å²) in [6.07, 6.45) is 11.9. The van der Waals surface area contributed by atoms with E-state index in [0.717, 1.165) is 69.9 Å². The Kier molecular flexibility index (Phi) is 10.8. The third-order valence-corrected chi connectivity index (χ3v) is 18.3. The lowest BCUT2D eigenvalue weighted by atomic mass is 9.33. The number of aliphatic carboxylic acids is 1. The first-order valence-corrected chi connectivity index (χ1v) is 22.6. The predicted octanol–water partition coefficient (Wildman–Crippen LogP) is 9.21. The second kappa shape index (κ2) is 14.5. The van der Waals surface area contributed by atoms with Crippen molar-refractivity contribution in [3.05, 3.63) is 41.2 Å². The molecule has 9 heteroatoms. The van der Waals surface area contributed by atoms with Crippen molar-refractivity contribution >= 4 is 23.6 Å². The van der Waals surface area contributed by atoms with E-state index in [1.165, 1.54) is 5.57 Å². The van der Waals surface area contributed by atoms with E-state index < -0.39 is 22.8 Å². The number of nitrogens with zero attached hydrogens (tertiary/aromatic N) is 1. The number of Topliss-reactive ketones (excluding diaryl/α,β-unsaturated/α-hetero) is 1. The Bertz CT molecular complexity index is 1850. The van der Waals surface area contributed by atoms with Crippen LogP contribution in [0.25, 0.3) is 0 Å². The quantitative estimate of drug-likeness (QED) is 0.149. The Morgan fingerprint density at radius 3 is 2.26 bits per heavy atom. The minimum Gasteiger partial charge on any atom is -0.481 e. The zero-order chi connectivity index (χ0) is 42.4. The number of esters is 1. The molecule has 1 heterocycles. The fraction of sp³-hybridized carbons (Fsp3) is 0.776. The molecule has 0 unspecified atom stereocenters. The molecule has 3 N–H and O–H groups in total. The van der Waals surface area contributed by atoms with Crippen LogP contribution in [0, 0.1) is 68.0 Å². The van der Waals surface area contributed by atoms with Gasteiger partial charge in [-0.3, -0.25) is 24.2 Å². The molecule has 7 rings (SSSR count). The van der Waals surface area contributed by atoms with Gasteiger partial charge in [0, 0.05) is 35.5 Å². The highest BCUT2D eigenvalue weighted by Crippen LogP contribution is 2.77. The van der Waals surface area contributed by atoms with Crippen LogP contribution in [0.5, 0.6) is 0 Å². The van der Waals surface area contributed by atoms with Gasteiger partial charge in [-0.05, 0) is 148 Å². The molecule has 1 aromatic heterocycles. The molecule has 0 spiro atoms. The molecule has 1 aromatic rings. The van der Waals surface area contributed by atoms with Crippen LogP contribution < -0.4 is 10.6 Å². The second-order valence-electron chi connectivity index (χ2n) is 22.7. The van der Waals surface area contributed by atoms with Crippen molar-refractivity contribution in [3.8, 4) is 0 Å². The largest absolute Gasteiger partial charge is 0.481 e. The lowest BCUT2D eigenvalue weighted by molar-refractivity contribution is -0.236. The number of carbonyl (C=O) groups is 4. The van der Waals surface area contributed by atoms with E-state index >= 15 is 0 Å². The molecule has 0 bridgehead atoms. The van der Waals surface area contributed by atoms with Gasteiger partial charge in [-0.2, -0.15) is 0 Å². The van der Waals surface area contributed by atoms with Gasteiger partial charge in [0.25, 0.3) is 5.91 Å². The summed E-state index contributed by atoms with van der Waals surface area (Å²) in [6, 6.07) is 5.36. The number of carbonyl (C=O) groups excluding carboxylic acids is 3. The monoisotopic (exact) mass is 800 g/mol. The van der Waals surface area contributed by atoms with Crippen molar-refractivity contribution in [1.82, 2.24) is 15.6 Å². The van der Waals surface area contributed by atoms with Crippen molar-refractivity contribution in [2.75, 3.05) is 13.1 Å². The van der Waals surface area contributed by atoms with Crippen molar-refractivity contribution in [2.45, 2.75) is 158 Å². The molecule has 320 valence electrons. The number of carboxylic acid groups (broad SMARTS) is 1. The Balaban J connectivity index is 1.07. The Hall–Kier alpha value is -3.07. The molecule has 0 saturated heterocycles. The van der Waals surface area contributed by atoms with E-state index in [2.05, 4.69) is 64.1 Å². The molecule has 58 heavy (non-hydrogen) atoms. The number of allylic oxidation sites excluding steroid dienone is 2. The Labute approximate surface area is 348 Å². The molecule has 5 saturated carbocycles. The van der Waals surface area contributed by atoms with E-state index in [9.17, 15) is 24.3 Å². The summed E-state index contributed by atoms with van der Waals surface area (Å²) in [5, 5.41) is 16.5. The number of ketones is 1. The highest BCUT2D eigenvalue weighted by molar-refractivity contribution is 6.00. The number of nitrogens with one attached hydrogen (secondary N) is 2. The number of rotatable bonds is 11. The minimum absolute atomic E-state index is 0.0720. The summed E-state index contributed by atoms with van der Waals surface area (Å²) in [5.41, 5.74) is 1.93. The highest BCUT2D eigenvalue weighted by atomic mass is 16.5. The molecule has 1 amide bonds. The first-order chi connectivity index (χ1) is 27.0. The van der Waals surface area contributed by atoms with Crippen LogP contribution in [0.15, 0.2) is 35.5 Å². The van der Waals surface area contributed by atoms with E-state index in [0.29, 0.717) is 48.6 Å². The Morgan fingerprint density at radius 1 is 0.897 bits per heavy atom. The fourth-order valence-corrected chi connectivity index (χ4v) is 14.8. The predicted molar refractivity (Wildman–Crippen MR) is 226 cm³/mol. The van der Waals surface area contributed by atoms with Gasteiger partial charge in [0.05, 0.1) is 11.8 Å². The summed E-state index contributed by atoms with van der Waals surface area (Å²) in [4.78, 5) is 56.7. The average Bonchev–Trinajstić information content (AvgIpc) is 3.43. The van der Waals surface area contributed by atoms with Crippen molar-refractivity contribution in [3.63, 3.8) is 0 Å². The summed E-state index contributed by atoms with van der Waals surface area (Å²) in [7, 11) is 0. The second-order valence-corrected chi connectivity index (χ2v) is 22.7. The van der Waals surface area contributed by atoms with Gasteiger partial charge in [0.2, 0.25) is 0 Å². The van der Waals surface area contributed by atoms with E-state index in [1.807, 2.05) is 39.8 Å². The van der Waals surface area contributed by atoms with Gasteiger partial charge in [-0.15, -0.1) is 0 Å². The molecule has 5 fully saturated rings. The molecular weight excluding hydrogens is 727 g/mol. The third-order valence-electron chi connectivity index (χ3n) is 18.3. The number of ether oxygens (including phenoxy) is 1. The van der Waals surface area contributed by atoms with Crippen molar-refractivity contribution < 1.29 is 29.0 Å². The van der Waals surface area contributed by atoms with Gasteiger partial charge in [0.1, 0.15) is 11.8 Å². The normalized spacial score (nSPS) is 38.8. The topological polar surface area (TPSA) is 135 Å². The van der Waals surface area contributed by atoms with Gasteiger partial charge in [-0.1, -0.05) is 74.0 Å². The molecule has 10 atom stereocenters. The standard InChI is InChI=1S/C49H73N3O6/c1-29(2)38-34(53)27-49(23-25-50-28-43(3,4)52-40(54)33-14-12-13-24-51-33)22-21-47(10)30(39(38)49)15-16-36-46(9)19-18-37(45(7,8)35(46)17-20-48(36,47)11)58-42(57)32-26-31(41(55)56)44(32,5)6/h12-14,24,29-32,35-37,50H,15-23,25-28H2,1-11H3,(H,52,54)(H,55,56)/t30-,31+,32-,35+,36-,37+,46+,47-,48-,49-/m1/s1. The molecule has 6 aliphatic carbocycles. The number of hydrogen-bond donors (Lipinski definition) is 3. The van der Waals surface area contributed by atoms with E-state index in [1.54, 1.807) is 12.3 Å². The van der Waals surface area contributed by atoms with E-state index in [4.69, 9.17) is 4.74 Å².